The summed E-state index contributed by atoms with van der Waals surface area (Å²) in [7, 11) is 0. The van der Waals surface area contributed by atoms with Crippen molar-refractivity contribution >= 4 is 11.9 Å². The van der Waals surface area contributed by atoms with Crippen molar-refractivity contribution in [2.24, 2.45) is 5.92 Å². The number of carbonyl (C=O) groups excluding carboxylic acids is 2. The number of nitrogens with zero attached hydrogens (tertiary/aromatic N) is 1. The summed E-state index contributed by atoms with van der Waals surface area (Å²) in [5.74, 6) is 0.772. The maximum Gasteiger partial charge on any atom is 0.324 e. The molecule has 24 heavy (non-hydrogen) atoms. The highest BCUT2D eigenvalue weighted by Crippen LogP contribution is 2.24. The summed E-state index contributed by atoms with van der Waals surface area (Å²) < 4.78 is 5.71. The molecule has 3 amide bonds. The molecule has 132 valence electrons. The summed E-state index contributed by atoms with van der Waals surface area (Å²) >= 11 is 0. The van der Waals surface area contributed by atoms with Crippen LogP contribution in [0, 0.1) is 5.92 Å². The Kier molecular flexibility index (Phi) is 5.52. The van der Waals surface area contributed by atoms with Crippen LogP contribution in [0.25, 0.3) is 0 Å². The van der Waals surface area contributed by atoms with Crippen LogP contribution in [-0.4, -0.2) is 36.0 Å². The van der Waals surface area contributed by atoms with E-state index in [4.69, 9.17) is 4.74 Å². The topological polar surface area (TPSA) is 58.6 Å². The van der Waals surface area contributed by atoms with E-state index in [9.17, 15) is 9.59 Å². The Morgan fingerprint density at radius 2 is 1.79 bits per heavy atom. The fraction of sp³-hybridized carbons (Fsp3) is 0.579. The maximum absolute atomic E-state index is 12.2. The van der Waals surface area contributed by atoms with Gasteiger partial charge in [-0.1, -0.05) is 46.8 Å². The molecule has 1 fully saturated rings. The number of imide groups is 1. The van der Waals surface area contributed by atoms with Crippen LogP contribution in [0.1, 0.15) is 46.6 Å². The standard InChI is InChI=1S/C19H28N2O3/c1-13(2)16-17(22)21(18(23)20-16)11-6-12-24-15-9-7-14(8-10-15)19(3,4)5/h7-10,13,16H,6,11-12H2,1-5H3,(H,20,23). The molecule has 1 aromatic carbocycles. The molecule has 5 nitrogen and oxygen atoms in total. The molecule has 1 N–H and O–H groups in total. The Bertz CT molecular complexity index is 588. The molecule has 0 radical (unpaired) electrons. The van der Waals surface area contributed by atoms with Gasteiger partial charge in [-0.05, 0) is 35.4 Å². The van der Waals surface area contributed by atoms with Gasteiger partial charge >= 0.3 is 6.03 Å². The van der Waals surface area contributed by atoms with Crippen LogP contribution in [0.2, 0.25) is 0 Å². The molecule has 0 bridgehead atoms. The highest BCUT2D eigenvalue weighted by molar-refractivity contribution is 6.04. The average molecular weight is 332 g/mol. The normalized spacial score (nSPS) is 18.2. The third-order valence-electron chi connectivity index (χ3n) is 4.24. The van der Waals surface area contributed by atoms with Gasteiger partial charge in [-0.15, -0.1) is 0 Å². The van der Waals surface area contributed by atoms with Crippen molar-refractivity contribution in [3.63, 3.8) is 0 Å². The summed E-state index contributed by atoms with van der Waals surface area (Å²) in [6.07, 6.45) is 0.616. The number of hydrogen-bond donors (Lipinski definition) is 1. The van der Waals surface area contributed by atoms with Gasteiger partial charge in [-0.2, -0.15) is 0 Å². The fourth-order valence-corrected chi connectivity index (χ4v) is 2.67. The number of carbonyl (C=O) groups is 2. The van der Waals surface area contributed by atoms with Crippen LogP contribution in [0.5, 0.6) is 5.75 Å². The smallest absolute Gasteiger partial charge is 0.324 e. The molecule has 1 aliphatic heterocycles. The minimum absolute atomic E-state index is 0.101. The lowest BCUT2D eigenvalue weighted by Crippen LogP contribution is -2.35. The van der Waals surface area contributed by atoms with E-state index in [0.717, 1.165) is 5.75 Å². The zero-order valence-corrected chi connectivity index (χ0v) is 15.3. The Morgan fingerprint density at radius 1 is 1.17 bits per heavy atom. The fourth-order valence-electron chi connectivity index (χ4n) is 2.67. The van der Waals surface area contributed by atoms with Crippen molar-refractivity contribution in [2.45, 2.75) is 52.5 Å². The summed E-state index contributed by atoms with van der Waals surface area (Å²) in [5.41, 5.74) is 1.38. The van der Waals surface area contributed by atoms with Crippen molar-refractivity contribution in [2.75, 3.05) is 13.2 Å². The molecular weight excluding hydrogens is 304 g/mol. The Labute approximate surface area is 144 Å². The van der Waals surface area contributed by atoms with Crippen molar-refractivity contribution in [1.29, 1.82) is 0 Å². The highest BCUT2D eigenvalue weighted by atomic mass is 16.5. The van der Waals surface area contributed by atoms with Gasteiger partial charge < -0.3 is 10.1 Å². The van der Waals surface area contributed by atoms with Crippen LogP contribution >= 0.6 is 0 Å². The monoisotopic (exact) mass is 332 g/mol. The summed E-state index contributed by atoms with van der Waals surface area (Å²) in [6.45, 7) is 11.2. The summed E-state index contributed by atoms with van der Waals surface area (Å²) in [4.78, 5) is 25.3. The lowest BCUT2D eigenvalue weighted by atomic mass is 9.87. The lowest BCUT2D eigenvalue weighted by molar-refractivity contribution is -0.128. The Balaban J connectivity index is 1.79. The molecule has 1 atom stereocenters. The molecule has 0 spiro atoms. The Morgan fingerprint density at radius 3 is 2.29 bits per heavy atom. The minimum Gasteiger partial charge on any atom is -0.494 e. The van der Waals surface area contributed by atoms with Gasteiger partial charge in [0.25, 0.3) is 5.91 Å². The van der Waals surface area contributed by atoms with Crippen molar-refractivity contribution in [3.8, 4) is 5.75 Å². The zero-order valence-electron chi connectivity index (χ0n) is 15.3. The first kappa shape index (κ1) is 18.3. The number of amides is 3. The third kappa shape index (κ3) is 4.28. The number of benzene rings is 1. The summed E-state index contributed by atoms with van der Waals surface area (Å²) in [6, 6.07) is 7.36. The van der Waals surface area contributed by atoms with Crippen LogP contribution in [0.15, 0.2) is 24.3 Å². The van der Waals surface area contributed by atoms with Crippen molar-refractivity contribution < 1.29 is 14.3 Å². The number of urea groups is 1. The van der Waals surface area contributed by atoms with Gasteiger partial charge in [0.1, 0.15) is 11.8 Å². The van der Waals surface area contributed by atoms with Gasteiger partial charge in [0, 0.05) is 6.54 Å². The van der Waals surface area contributed by atoms with E-state index in [-0.39, 0.29) is 23.3 Å². The van der Waals surface area contributed by atoms with Gasteiger partial charge in [-0.3, -0.25) is 9.69 Å². The minimum atomic E-state index is -0.400. The first-order chi connectivity index (χ1) is 11.2. The lowest BCUT2D eigenvalue weighted by Gasteiger charge is -2.19. The predicted octanol–water partition coefficient (Wildman–Crippen LogP) is 3.33. The van der Waals surface area contributed by atoms with Crippen LogP contribution < -0.4 is 10.1 Å². The van der Waals surface area contributed by atoms with E-state index in [2.05, 4.69) is 38.2 Å². The van der Waals surface area contributed by atoms with E-state index in [0.29, 0.717) is 19.6 Å². The van der Waals surface area contributed by atoms with Crippen molar-refractivity contribution in [1.82, 2.24) is 10.2 Å². The summed E-state index contributed by atoms with van der Waals surface area (Å²) in [5, 5.41) is 2.73. The molecule has 2 rings (SSSR count). The SMILES string of the molecule is CC(C)C1NC(=O)N(CCCOc2ccc(C(C)(C)C)cc2)C1=O. The van der Waals surface area contributed by atoms with E-state index < -0.39 is 6.04 Å². The second-order valence-corrected chi connectivity index (χ2v) is 7.64. The molecule has 0 aliphatic carbocycles. The first-order valence-corrected chi connectivity index (χ1v) is 8.55. The third-order valence-corrected chi connectivity index (χ3v) is 4.24. The molecule has 1 unspecified atom stereocenters. The number of rotatable bonds is 6. The molecule has 0 saturated carbocycles. The van der Waals surface area contributed by atoms with Gasteiger partial charge in [0.2, 0.25) is 0 Å². The Hall–Kier alpha value is -2.04. The molecule has 0 aromatic heterocycles. The van der Waals surface area contributed by atoms with Gasteiger partial charge in [0.15, 0.2) is 0 Å². The maximum atomic E-state index is 12.2. The quantitative estimate of drug-likeness (QED) is 0.642. The van der Waals surface area contributed by atoms with E-state index in [1.807, 2.05) is 26.0 Å². The highest BCUT2D eigenvalue weighted by Gasteiger charge is 2.38. The first-order valence-electron chi connectivity index (χ1n) is 8.55. The predicted molar refractivity (Wildman–Crippen MR) is 94.1 cm³/mol. The van der Waals surface area contributed by atoms with Gasteiger partial charge in [0.05, 0.1) is 6.61 Å². The largest absolute Gasteiger partial charge is 0.494 e. The van der Waals surface area contributed by atoms with E-state index >= 15 is 0 Å². The van der Waals surface area contributed by atoms with E-state index in [1.54, 1.807) is 0 Å². The number of hydrogen-bond acceptors (Lipinski definition) is 3. The van der Waals surface area contributed by atoms with Gasteiger partial charge in [-0.25, -0.2) is 4.79 Å². The number of ether oxygens (including phenoxy) is 1. The van der Waals surface area contributed by atoms with Crippen LogP contribution in [-0.2, 0) is 10.2 Å². The van der Waals surface area contributed by atoms with Crippen LogP contribution in [0.3, 0.4) is 0 Å². The van der Waals surface area contributed by atoms with Crippen LogP contribution in [0.4, 0.5) is 4.79 Å². The zero-order chi connectivity index (χ0) is 17.9. The second-order valence-electron chi connectivity index (χ2n) is 7.64. The second kappa shape index (κ2) is 7.24. The number of nitrogens with one attached hydrogen (secondary N) is 1. The molecule has 1 saturated heterocycles. The molecule has 5 heteroatoms. The molecule has 1 aliphatic rings. The average Bonchev–Trinajstić information content (AvgIpc) is 2.79. The van der Waals surface area contributed by atoms with E-state index in [1.165, 1.54) is 10.5 Å². The molecular formula is C19H28N2O3. The molecule has 1 heterocycles. The van der Waals surface area contributed by atoms with Crippen molar-refractivity contribution in [3.05, 3.63) is 29.8 Å². The molecule has 1 aromatic rings.